The molecule has 16 heavy (non-hydrogen) atoms. The summed E-state index contributed by atoms with van der Waals surface area (Å²) in [5.74, 6) is 0.236. The first-order chi connectivity index (χ1) is 7.58. The van der Waals surface area contributed by atoms with E-state index in [-0.39, 0.29) is 6.42 Å². The third-order valence-corrected chi connectivity index (χ3v) is 2.33. The summed E-state index contributed by atoms with van der Waals surface area (Å²) in [4.78, 5) is 14.8. The van der Waals surface area contributed by atoms with E-state index < -0.39 is 5.97 Å². The monoisotopic (exact) mass is 220 g/mol. The molecule has 0 spiro atoms. The number of aromatic nitrogens is 4. The number of nitrogens with zero attached hydrogens (tertiary/aromatic N) is 4. The molecule has 0 fully saturated rings. The Balaban J connectivity index is 2.51. The highest BCUT2D eigenvalue weighted by Crippen LogP contribution is 2.13. The summed E-state index contributed by atoms with van der Waals surface area (Å²) in [5, 5.41) is 16.3. The fourth-order valence-corrected chi connectivity index (χ4v) is 1.40. The normalized spacial score (nSPS) is 11.2. The van der Waals surface area contributed by atoms with E-state index in [1.54, 1.807) is 10.6 Å². The molecule has 6 nitrogen and oxygen atoms in total. The molecular weight excluding hydrogens is 208 g/mol. The van der Waals surface area contributed by atoms with E-state index in [4.69, 9.17) is 5.11 Å². The van der Waals surface area contributed by atoms with E-state index in [9.17, 15) is 4.79 Å². The maximum absolute atomic E-state index is 10.6. The van der Waals surface area contributed by atoms with Gasteiger partial charge in [-0.25, -0.2) is 4.98 Å². The zero-order valence-corrected chi connectivity index (χ0v) is 9.08. The van der Waals surface area contributed by atoms with Gasteiger partial charge >= 0.3 is 5.97 Å². The van der Waals surface area contributed by atoms with E-state index >= 15 is 0 Å². The first-order valence-corrected chi connectivity index (χ1v) is 4.99. The van der Waals surface area contributed by atoms with Gasteiger partial charge in [0.25, 0.3) is 5.78 Å². The molecule has 0 saturated heterocycles. The van der Waals surface area contributed by atoms with Crippen LogP contribution in [0.1, 0.15) is 31.2 Å². The lowest BCUT2D eigenvalue weighted by molar-refractivity contribution is -0.136. The Morgan fingerprint density at radius 1 is 1.50 bits per heavy atom. The molecule has 2 aromatic heterocycles. The van der Waals surface area contributed by atoms with Crippen LogP contribution in [-0.4, -0.2) is 30.7 Å². The summed E-state index contributed by atoms with van der Waals surface area (Å²) < 4.78 is 1.63. The number of fused-ring (bicyclic) bond motifs is 1. The minimum atomic E-state index is -0.927. The molecule has 1 N–H and O–H groups in total. The second kappa shape index (κ2) is 3.88. The van der Waals surface area contributed by atoms with Gasteiger partial charge in [0.15, 0.2) is 0 Å². The van der Waals surface area contributed by atoms with Gasteiger partial charge < -0.3 is 5.11 Å². The molecule has 2 rings (SSSR count). The predicted octanol–water partition coefficient (Wildman–Crippen LogP) is 0.875. The Bertz CT molecular complexity index is 533. The zero-order valence-electron chi connectivity index (χ0n) is 9.08. The summed E-state index contributed by atoms with van der Waals surface area (Å²) in [7, 11) is 0. The van der Waals surface area contributed by atoms with Gasteiger partial charge in [0.1, 0.15) is 12.2 Å². The third-order valence-electron chi connectivity index (χ3n) is 2.33. The smallest absolute Gasteiger partial charge is 0.311 e. The average Bonchev–Trinajstić information content (AvgIpc) is 2.60. The summed E-state index contributed by atoms with van der Waals surface area (Å²) in [6.07, 6.45) is 3.43. The highest BCUT2D eigenvalue weighted by molar-refractivity contribution is 5.69. The highest BCUT2D eigenvalue weighted by atomic mass is 16.4. The summed E-state index contributed by atoms with van der Waals surface area (Å²) in [5.41, 5.74) is 1.03. The van der Waals surface area contributed by atoms with Crippen LogP contribution in [0, 0.1) is 0 Å². The Labute approximate surface area is 92.0 Å². The molecule has 0 saturated carbocycles. The summed E-state index contributed by atoms with van der Waals surface area (Å²) in [6, 6.07) is 0. The van der Waals surface area contributed by atoms with E-state index in [1.807, 2.05) is 20.0 Å². The van der Waals surface area contributed by atoms with Crippen molar-refractivity contribution in [2.75, 3.05) is 0 Å². The molecule has 0 unspecified atom stereocenters. The topological polar surface area (TPSA) is 80.4 Å². The maximum atomic E-state index is 10.6. The first kappa shape index (κ1) is 10.5. The molecule has 0 aliphatic rings. The molecule has 0 aliphatic carbocycles. The van der Waals surface area contributed by atoms with Gasteiger partial charge in [-0.05, 0) is 11.5 Å². The van der Waals surface area contributed by atoms with Crippen molar-refractivity contribution in [1.82, 2.24) is 19.6 Å². The van der Waals surface area contributed by atoms with Gasteiger partial charge in [0, 0.05) is 12.4 Å². The van der Waals surface area contributed by atoms with Crippen molar-refractivity contribution in [3.63, 3.8) is 0 Å². The molecular formula is C10H12N4O2. The Morgan fingerprint density at radius 3 is 2.88 bits per heavy atom. The lowest BCUT2D eigenvalue weighted by Gasteiger charge is -2.04. The van der Waals surface area contributed by atoms with Crippen molar-refractivity contribution in [3.05, 3.63) is 23.8 Å². The largest absolute Gasteiger partial charge is 0.481 e. The number of carboxylic acid groups (broad SMARTS) is 1. The van der Waals surface area contributed by atoms with Crippen LogP contribution in [0.2, 0.25) is 0 Å². The van der Waals surface area contributed by atoms with Crippen molar-refractivity contribution in [2.24, 2.45) is 0 Å². The second-order valence-corrected chi connectivity index (χ2v) is 3.90. The molecule has 2 aromatic rings. The van der Waals surface area contributed by atoms with Gasteiger partial charge in [-0.3, -0.25) is 9.20 Å². The van der Waals surface area contributed by atoms with E-state index in [0.717, 1.165) is 5.56 Å². The zero-order chi connectivity index (χ0) is 11.7. The van der Waals surface area contributed by atoms with Gasteiger partial charge in [-0.1, -0.05) is 13.8 Å². The number of hydrogen-bond donors (Lipinski definition) is 1. The van der Waals surface area contributed by atoms with Crippen LogP contribution in [0.25, 0.3) is 5.78 Å². The quantitative estimate of drug-likeness (QED) is 0.830. The Morgan fingerprint density at radius 2 is 2.25 bits per heavy atom. The Kier molecular flexibility index (Phi) is 2.55. The minimum absolute atomic E-state index is 0.148. The van der Waals surface area contributed by atoms with Crippen molar-refractivity contribution in [3.8, 4) is 0 Å². The molecule has 6 heteroatoms. The number of carbonyl (C=O) groups is 1. The van der Waals surface area contributed by atoms with Crippen molar-refractivity contribution >= 4 is 11.7 Å². The van der Waals surface area contributed by atoms with Gasteiger partial charge in [-0.15, -0.1) is 10.2 Å². The second-order valence-electron chi connectivity index (χ2n) is 3.90. The lowest BCUT2D eigenvalue weighted by Crippen LogP contribution is -2.05. The number of carboxylic acids is 1. The SMILES string of the molecule is CC(C)c1cnc2nnc(CC(=O)O)n2c1. The van der Waals surface area contributed by atoms with Gasteiger partial charge in [-0.2, -0.15) is 0 Å². The predicted molar refractivity (Wildman–Crippen MR) is 56.2 cm³/mol. The molecule has 0 amide bonds. The molecule has 0 aromatic carbocycles. The summed E-state index contributed by atoms with van der Waals surface area (Å²) >= 11 is 0. The number of rotatable bonds is 3. The molecule has 0 atom stereocenters. The van der Waals surface area contributed by atoms with Crippen LogP contribution in [0.5, 0.6) is 0 Å². The van der Waals surface area contributed by atoms with Crippen molar-refractivity contribution in [2.45, 2.75) is 26.2 Å². The first-order valence-electron chi connectivity index (χ1n) is 4.99. The van der Waals surface area contributed by atoms with Gasteiger partial charge in [0.05, 0.1) is 0 Å². The van der Waals surface area contributed by atoms with Gasteiger partial charge in [0.2, 0.25) is 0 Å². The molecule has 2 heterocycles. The Hall–Kier alpha value is -1.98. The summed E-state index contributed by atoms with van der Waals surface area (Å²) in [6.45, 7) is 4.09. The minimum Gasteiger partial charge on any atom is -0.481 e. The average molecular weight is 220 g/mol. The van der Waals surface area contributed by atoms with Crippen LogP contribution in [0.4, 0.5) is 0 Å². The molecule has 0 bridgehead atoms. The number of aliphatic carboxylic acids is 1. The fraction of sp³-hybridized carbons (Fsp3) is 0.400. The van der Waals surface area contributed by atoms with Crippen molar-refractivity contribution in [1.29, 1.82) is 0 Å². The lowest BCUT2D eigenvalue weighted by atomic mass is 10.1. The van der Waals surface area contributed by atoms with Crippen LogP contribution in [0.3, 0.4) is 0 Å². The van der Waals surface area contributed by atoms with Crippen molar-refractivity contribution < 1.29 is 9.90 Å². The van der Waals surface area contributed by atoms with Crippen LogP contribution in [0.15, 0.2) is 12.4 Å². The standard InChI is InChI=1S/C10H12N4O2/c1-6(2)7-4-11-10-13-12-8(3-9(15)16)14(10)5-7/h4-6H,3H2,1-2H3,(H,15,16). The molecule has 0 aliphatic heterocycles. The van der Waals surface area contributed by atoms with Crippen LogP contribution in [-0.2, 0) is 11.2 Å². The molecule has 0 radical (unpaired) electrons. The van der Waals surface area contributed by atoms with Crippen LogP contribution >= 0.6 is 0 Å². The molecule has 84 valence electrons. The van der Waals surface area contributed by atoms with Crippen LogP contribution < -0.4 is 0 Å². The third kappa shape index (κ3) is 1.86. The maximum Gasteiger partial charge on any atom is 0.311 e. The van der Waals surface area contributed by atoms with E-state index in [2.05, 4.69) is 15.2 Å². The van der Waals surface area contributed by atoms with E-state index in [1.165, 1.54) is 0 Å². The number of hydrogen-bond acceptors (Lipinski definition) is 4. The fourth-order valence-electron chi connectivity index (χ4n) is 1.40. The highest BCUT2D eigenvalue weighted by Gasteiger charge is 2.11. The van der Waals surface area contributed by atoms with E-state index in [0.29, 0.717) is 17.5 Å².